The summed E-state index contributed by atoms with van der Waals surface area (Å²) in [5.41, 5.74) is 11.0. The van der Waals surface area contributed by atoms with Gasteiger partial charge in [-0.2, -0.15) is 0 Å². The van der Waals surface area contributed by atoms with Crippen molar-refractivity contribution >= 4 is 29.6 Å². The van der Waals surface area contributed by atoms with E-state index in [0.29, 0.717) is 12.8 Å². The first-order chi connectivity index (χ1) is 14.7. The van der Waals surface area contributed by atoms with Gasteiger partial charge in [-0.1, -0.05) is 48.0 Å². The number of primary amides is 1. The van der Waals surface area contributed by atoms with Gasteiger partial charge in [-0.15, -0.1) is 0 Å². The molecule has 0 aromatic heterocycles. The van der Waals surface area contributed by atoms with E-state index < -0.39 is 66.1 Å². The van der Waals surface area contributed by atoms with E-state index in [9.17, 15) is 29.1 Å². The smallest absolute Gasteiger partial charge is 0.326 e. The summed E-state index contributed by atoms with van der Waals surface area (Å²) >= 11 is 0. The zero-order chi connectivity index (χ0) is 25.2. The van der Waals surface area contributed by atoms with E-state index in [1.54, 1.807) is 20.8 Å². The maximum atomic E-state index is 13.0. The minimum Gasteiger partial charge on any atom is -0.480 e. The van der Waals surface area contributed by atoms with E-state index in [1.165, 1.54) is 0 Å². The van der Waals surface area contributed by atoms with Crippen molar-refractivity contribution in [2.45, 2.75) is 85.0 Å². The fourth-order valence-electron chi connectivity index (χ4n) is 3.02. The van der Waals surface area contributed by atoms with Crippen molar-refractivity contribution in [3.63, 3.8) is 0 Å². The first kappa shape index (κ1) is 29.3. The lowest BCUT2D eigenvalue weighted by Gasteiger charge is -2.29. The third-order valence-electron chi connectivity index (χ3n) is 5.12. The van der Waals surface area contributed by atoms with Crippen LogP contribution in [0.25, 0.3) is 0 Å². The van der Waals surface area contributed by atoms with Gasteiger partial charge in [-0.05, 0) is 24.2 Å². The van der Waals surface area contributed by atoms with Crippen LogP contribution in [0, 0.1) is 17.8 Å². The molecule has 184 valence electrons. The second-order valence-electron chi connectivity index (χ2n) is 8.91. The lowest BCUT2D eigenvalue weighted by Crippen LogP contribution is -2.60. The summed E-state index contributed by atoms with van der Waals surface area (Å²) < 4.78 is 0. The Hall–Kier alpha value is -2.69. The Labute approximate surface area is 189 Å². The average molecular weight is 458 g/mol. The quantitative estimate of drug-likeness (QED) is 0.202. The number of hydrogen-bond acceptors (Lipinski definition) is 6. The molecule has 32 heavy (non-hydrogen) atoms. The second-order valence-corrected chi connectivity index (χ2v) is 8.91. The number of carbonyl (C=O) groups excluding carboxylic acids is 4. The largest absolute Gasteiger partial charge is 0.480 e. The fourth-order valence-corrected chi connectivity index (χ4v) is 3.02. The van der Waals surface area contributed by atoms with Crippen molar-refractivity contribution in [2.75, 3.05) is 0 Å². The van der Waals surface area contributed by atoms with Crippen LogP contribution in [0.5, 0.6) is 0 Å². The minimum atomic E-state index is -1.52. The molecule has 0 aliphatic heterocycles. The summed E-state index contributed by atoms with van der Waals surface area (Å²) in [5.74, 6) is -4.58. The monoisotopic (exact) mass is 457 g/mol. The summed E-state index contributed by atoms with van der Waals surface area (Å²) in [7, 11) is 0. The summed E-state index contributed by atoms with van der Waals surface area (Å²) in [6.07, 6.45) is 0.448. The lowest BCUT2D eigenvalue weighted by atomic mass is 9.95. The maximum Gasteiger partial charge on any atom is 0.326 e. The van der Waals surface area contributed by atoms with Crippen LogP contribution in [-0.4, -0.2) is 58.9 Å². The molecule has 11 heteroatoms. The van der Waals surface area contributed by atoms with Crippen LogP contribution in [0.1, 0.15) is 60.8 Å². The zero-order valence-corrected chi connectivity index (χ0v) is 19.8. The number of rotatable bonds is 14. The molecule has 0 bridgehead atoms. The summed E-state index contributed by atoms with van der Waals surface area (Å²) in [6.45, 7) is 10.9. The van der Waals surface area contributed by atoms with E-state index in [2.05, 4.69) is 16.0 Å². The molecule has 0 aliphatic carbocycles. The highest BCUT2D eigenvalue weighted by Crippen LogP contribution is 2.12. The highest BCUT2D eigenvalue weighted by molar-refractivity contribution is 5.95. The lowest BCUT2D eigenvalue weighted by molar-refractivity contribution is -0.144. The third-order valence-corrected chi connectivity index (χ3v) is 5.12. The van der Waals surface area contributed by atoms with Crippen molar-refractivity contribution < 1.29 is 29.1 Å². The molecule has 0 aliphatic rings. The number of nitrogens with two attached hydrogens (primary N) is 2. The highest BCUT2D eigenvalue weighted by Gasteiger charge is 2.34. The molecule has 0 heterocycles. The van der Waals surface area contributed by atoms with Gasteiger partial charge in [0.25, 0.3) is 0 Å². The Morgan fingerprint density at radius 2 is 1.34 bits per heavy atom. The number of carbonyl (C=O) groups is 5. The van der Waals surface area contributed by atoms with Crippen molar-refractivity contribution in [1.82, 2.24) is 16.0 Å². The van der Waals surface area contributed by atoms with Crippen LogP contribution < -0.4 is 27.4 Å². The third kappa shape index (κ3) is 10.1. The predicted octanol–water partition coefficient (Wildman–Crippen LogP) is -0.524. The van der Waals surface area contributed by atoms with E-state index in [-0.39, 0.29) is 11.8 Å². The molecular formula is C21H39N5O6. The van der Waals surface area contributed by atoms with Gasteiger partial charge in [-0.3, -0.25) is 19.2 Å². The van der Waals surface area contributed by atoms with Gasteiger partial charge in [0.2, 0.25) is 23.6 Å². The summed E-state index contributed by atoms with van der Waals surface area (Å²) in [5, 5.41) is 16.7. The molecule has 0 spiro atoms. The van der Waals surface area contributed by atoms with E-state index >= 15 is 0 Å². The molecule has 0 rings (SSSR count). The fraction of sp³-hybridized carbons (Fsp3) is 0.762. The molecule has 4 amide bonds. The molecule has 0 aromatic carbocycles. The molecule has 5 atom stereocenters. The van der Waals surface area contributed by atoms with Crippen LogP contribution in [-0.2, 0) is 24.0 Å². The highest BCUT2D eigenvalue weighted by atomic mass is 16.4. The van der Waals surface area contributed by atoms with Crippen LogP contribution in [0.15, 0.2) is 0 Å². The van der Waals surface area contributed by atoms with Gasteiger partial charge >= 0.3 is 5.97 Å². The number of amides is 4. The van der Waals surface area contributed by atoms with E-state index in [4.69, 9.17) is 11.5 Å². The minimum absolute atomic E-state index is 0.197. The van der Waals surface area contributed by atoms with Crippen LogP contribution in [0.2, 0.25) is 0 Å². The van der Waals surface area contributed by atoms with E-state index in [1.807, 2.05) is 20.8 Å². The zero-order valence-electron chi connectivity index (χ0n) is 19.8. The van der Waals surface area contributed by atoms with Crippen LogP contribution in [0.3, 0.4) is 0 Å². The molecule has 11 nitrogen and oxygen atoms in total. The molecule has 5 unspecified atom stereocenters. The summed E-state index contributed by atoms with van der Waals surface area (Å²) in [6, 6.07) is -4.31. The topological polar surface area (TPSA) is 194 Å². The van der Waals surface area contributed by atoms with Crippen molar-refractivity contribution in [3.05, 3.63) is 0 Å². The van der Waals surface area contributed by atoms with Crippen LogP contribution >= 0.6 is 0 Å². The summed E-state index contributed by atoms with van der Waals surface area (Å²) in [4.78, 5) is 60.6. The Kier molecular flexibility index (Phi) is 12.5. The molecule has 0 radical (unpaired) electrons. The first-order valence-electron chi connectivity index (χ1n) is 10.9. The Balaban J connectivity index is 5.49. The van der Waals surface area contributed by atoms with Crippen molar-refractivity contribution in [3.8, 4) is 0 Å². The Morgan fingerprint density at radius 3 is 1.75 bits per heavy atom. The normalized spacial score (nSPS) is 15.9. The molecular weight excluding hydrogens is 418 g/mol. The number of nitrogens with one attached hydrogen (secondary N) is 3. The number of carboxylic acids is 1. The second kappa shape index (κ2) is 13.7. The molecule has 0 saturated heterocycles. The van der Waals surface area contributed by atoms with Gasteiger partial charge in [0.05, 0.1) is 12.5 Å². The van der Waals surface area contributed by atoms with Crippen molar-refractivity contribution in [1.29, 1.82) is 0 Å². The number of aliphatic carboxylic acids is 1. The first-order valence-corrected chi connectivity index (χ1v) is 10.9. The Morgan fingerprint density at radius 1 is 0.844 bits per heavy atom. The molecule has 0 aromatic rings. The van der Waals surface area contributed by atoms with E-state index in [0.717, 1.165) is 0 Å². The molecule has 8 N–H and O–H groups in total. The number of carboxylic acid groups (broad SMARTS) is 1. The van der Waals surface area contributed by atoms with Gasteiger partial charge in [0.15, 0.2) is 0 Å². The van der Waals surface area contributed by atoms with Gasteiger partial charge in [0, 0.05) is 0 Å². The van der Waals surface area contributed by atoms with Gasteiger partial charge in [0.1, 0.15) is 18.1 Å². The standard InChI is InChI=1S/C21H39N5O6/c1-7-12(6)17(26-18(28)13(22)8-10(2)3)20(30)25-16(11(4)5)19(29)24-14(21(31)32)9-15(23)27/h10-14,16-17H,7-9,22H2,1-6H3,(H2,23,27)(H,24,29)(H,25,30)(H,26,28)(H,31,32). The van der Waals surface area contributed by atoms with Gasteiger partial charge < -0.3 is 32.5 Å². The Bertz CT molecular complexity index is 682. The van der Waals surface area contributed by atoms with Gasteiger partial charge in [-0.25, -0.2) is 4.79 Å². The average Bonchev–Trinajstić information content (AvgIpc) is 2.67. The maximum absolute atomic E-state index is 13.0. The van der Waals surface area contributed by atoms with Crippen LogP contribution in [0.4, 0.5) is 0 Å². The number of hydrogen-bond donors (Lipinski definition) is 6. The molecule has 0 saturated carbocycles. The van der Waals surface area contributed by atoms with Crippen molar-refractivity contribution in [2.24, 2.45) is 29.2 Å². The SMILES string of the molecule is CCC(C)C(NC(=O)C(N)CC(C)C)C(=O)NC(C(=O)NC(CC(N)=O)C(=O)O)C(C)C. The predicted molar refractivity (Wildman–Crippen MR) is 119 cm³/mol. The molecule has 0 fully saturated rings.